The van der Waals surface area contributed by atoms with Crippen LogP contribution in [0.4, 0.5) is 0 Å². The fourth-order valence-electron chi connectivity index (χ4n) is 1.16. The van der Waals surface area contributed by atoms with Crippen LogP contribution in [0.1, 0.15) is 11.1 Å². The van der Waals surface area contributed by atoms with Crippen molar-refractivity contribution in [1.29, 1.82) is 5.41 Å². The first-order valence-electron chi connectivity index (χ1n) is 4.33. The SMILES string of the molecule is N=C(N)c1ccccc1CSCC(=O)O. The van der Waals surface area contributed by atoms with E-state index in [1.165, 1.54) is 11.8 Å². The molecule has 0 radical (unpaired) electrons. The minimum absolute atomic E-state index is 0.0153. The Labute approximate surface area is 92.0 Å². The number of benzene rings is 1. The molecule has 0 unspecified atom stereocenters. The van der Waals surface area contributed by atoms with Crippen molar-refractivity contribution in [1.82, 2.24) is 0 Å². The van der Waals surface area contributed by atoms with E-state index in [9.17, 15) is 4.79 Å². The fraction of sp³-hybridized carbons (Fsp3) is 0.200. The van der Waals surface area contributed by atoms with Gasteiger partial charge in [0.1, 0.15) is 5.84 Å². The van der Waals surface area contributed by atoms with Crippen LogP contribution in [0.25, 0.3) is 0 Å². The van der Waals surface area contributed by atoms with Crippen molar-refractivity contribution < 1.29 is 9.90 Å². The first kappa shape index (κ1) is 11.6. The Morgan fingerprint density at radius 1 is 1.47 bits per heavy atom. The maximum absolute atomic E-state index is 10.3. The molecule has 4 N–H and O–H groups in total. The van der Waals surface area contributed by atoms with Crippen molar-refractivity contribution in [2.75, 3.05) is 5.75 Å². The lowest BCUT2D eigenvalue weighted by molar-refractivity contribution is -0.133. The van der Waals surface area contributed by atoms with Gasteiger partial charge in [-0.2, -0.15) is 0 Å². The van der Waals surface area contributed by atoms with Crippen LogP contribution in [-0.4, -0.2) is 22.7 Å². The average Bonchev–Trinajstić information content (AvgIpc) is 2.17. The molecule has 0 saturated carbocycles. The minimum Gasteiger partial charge on any atom is -0.481 e. The molecule has 1 aromatic rings. The van der Waals surface area contributed by atoms with Crippen molar-refractivity contribution >= 4 is 23.6 Å². The summed E-state index contributed by atoms with van der Waals surface area (Å²) >= 11 is 1.29. The van der Waals surface area contributed by atoms with E-state index >= 15 is 0 Å². The zero-order chi connectivity index (χ0) is 11.3. The molecule has 0 aliphatic carbocycles. The molecule has 0 aliphatic rings. The number of nitrogens with one attached hydrogen (secondary N) is 1. The van der Waals surface area contributed by atoms with Crippen LogP contribution in [0.2, 0.25) is 0 Å². The summed E-state index contributed by atoms with van der Waals surface area (Å²) in [6.45, 7) is 0. The molecule has 5 heteroatoms. The van der Waals surface area contributed by atoms with Crippen LogP contribution in [0.15, 0.2) is 24.3 Å². The number of rotatable bonds is 5. The van der Waals surface area contributed by atoms with Crippen molar-refractivity contribution in [3.05, 3.63) is 35.4 Å². The van der Waals surface area contributed by atoms with E-state index in [-0.39, 0.29) is 11.6 Å². The van der Waals surface area contributed by atoms with Crippen LogP contribution in [0.5, 0.6) is 0 Å². The number of carboxylic acid groups (broad SMARTS) is 1. The Balaban J connectivity index is 2.67. The van der Waals surface area contributed by atoms with Gasteiger partial charge in [0.2, 0.25) is 0 Å². The average molecular weight is 224 g/mol. The first-order valence-corrected chi connectivity index (χ1v) is 5.48. The Morgan fingerprint density at radius 2 is 2.13 bits per heavy atom. The van der Waals surface area contributed by atoms with Crippen molar-refractivity contribution in [2.24, 2.45) is 5.73 Å². The minimum atomic E-state index is -0.833. The zero-order valence-electron chi connectivity index (χ0n) is 8.06. The Hall–Kier alpha value is -1.49. The van der Waals surface area contributed by atoms with Gasteiger partial charge in [-0.15, -0.1) is 11.8 Å². The normalized spacial score (nSPS) is 9.87. The van der Waals surface area contributed by atoms with E-state index in [0.29, 0.717) is 11.3 Å². The molecule has 0 spiro atoms. The van der Waals surface area contributed by atoms with E-state index < -0.39 is 5.97 Å². The van der Waals surface area contributed by atoms with Gasteiger partial charge in [0.25, 0.3) is 0 Å². The lowest BCUT2D eigenvalue weighted by atomic mass is 10.1. The molecule has 1 rings (SSSR count). The molecule has 80 valence electrons. The number of hydrogen-bond acceptors (Lipinski definition) is 3. The summed E-state index contributed by atoms with van der Waals surface area (Å²) in [6.07, 6.45) is 0. The van der Waals surface area contributed by atoms with Gasteiger partial charge in [-0.1, -0.05) is 24.3 Å². The highest BCUT2D eigenvalue weighted by molar-refractivity contribution is 7.99. The second-order valence-electron chi connectivity index (χ2n) is 2.96. The summed E-state index contributed by atoms with van der Waals surface area (Å²) in [4.78, 5) is 10.3. The maximum Gasteiger partial charge on any atom is 0.313 e. The Bertz CT molecular complexity index is 379. The monoisotopic (exact) mass is 224 g/mol. The van der Waals surface area contributed by atoms with Crippen molar-refractivity contribution in [3.8, 4) is 0 Å². The highest BCUT2D eigenvalue weighted by atomic mass is 32.2. The summed E-state index contributed by atoms with van der Waals surface area (Å²) in [5, 5.41) is 15.8. The number of carboxylic acids is 1. The Kier molecular flexibility index (Phi) is 4.17. The molecule has 0 aromatic heterocycles. The standard InChI is InChI=1S/C10H12N2O2S/c11-10(12)8-4-2-1-3-7(8)5-15-6-9(13)14/h1-4H,5-6H2,(H3,11,12)(H,13,14). The molecule has 0 bridgehead atoms. The summed E-state index contributed by atoms with van der Waals surface area (Å²) in [7, 11) is 0. The maximum atomic E-state index is 10.3. The fourth-order valence-corrected chi connectivity index (χ4v) is 1.91. The van der Waals surface area contributed by atoms with Gasteiger partial charge in [-0.05, 0) is 5.56 Å². The highest BCUT2D eigenvalue weighted by Gasteiger charge is 2.05. The topological polar surface area (TPSA) is 87.2 Å². The summed E-state index contributed by atoms with van der Waals surface area (Å²) < 4.78 is 0. The molecule has 0 fully saturated rings. The quantitative estimate of drug-likeness (QED) is 0.519. The zero-order valence-corrected chi connectivity index (χ0v) is 8.88. The van der Waals surface area contributed by atoms with E-state index in [0.717, 1.165) is 5.56 Å². The van der Waals surface area contributed by atoms with E-state index in [1.54, 1.807) is 6.07 Å². The molecule has 4 nitrogen and oxygen atoms in total. The number of carbonyl (C=O) groups is 1. The summed E-state index contributed by atoms with van der Waals surface area (Å²) in [5.41, 5.74) is 6.98. The molecule has 0 saturated heterocycles. The predicted octanol–water partition coefficient (Wildman–Crippen LogP) is 1.29. The van der Waals surface area contributed by atoms with Crippen LogP contribution < -0.4 is 5.73 Å². The summed E-state index contributed by atoms with van der Waals surface area (Å²) in [6, 6.07) is 7.27. The number of thioether (sulfide) groups is 1. The van der Waals surface area contributed by atoms with E-state index in [4.69, 9.17) is 16.2 Å². The molecule has 0 heterocycles. The predicted molar refractivity (Wildman–Crippen MR) is 61.3 cm³/mol. The van der Waals surface area contributed by atoms with Crippen molar-refractivity contribution in [3.63, 3.8) is 0 Å². The van der Waals surface area contributed by atoms with Gasteiger partial charge >= 0.3 is 5.97 Å². The molecule has 0 aliphatic heterocycles. The largest absolute Gasteiger partial charge is 0.481 e. The summed E-state index contributed by atoms with van der Waals surface area (Å²) in [5.74, 6) is -0.198. The third-order valence-corrected chi connectivity index (χ3v) is 2.76. The lowest BCUT2D eigenvalue weighted by Gasteiger charge is -2.06. The van der Waals surface area contributed by atoms with Gasteiger partial charge in [-0.3, -0.25) is 10.2 Å². The van der Waals surface area contributed by atoms with Gasteiger partial charge < -0.3 is 10.8 Å². The van der Waals surface area contributed by atoms with Crippen LogP contribution in [-0.2, 0) is 10.5 Å². The molecular weight excluding hydrogens is 212 g/mol. The molecule has 15 heavy (non-hydrogen) atoms. The number of nitrogens with two attached hydrogens (primary N) is 1. The van der Waals surface area contributed by atoms with Crippen LogP contribution >= 0.6 is 11.8 Å². The molecule has 0 atom stereocenters. The smallest absolute Gasteiger partial charge is 0.313 e. The first-order chi connectivity index (χ1) is 7.11. The number of nitrogen functional groups attached to an aromatic ring is 1. The van der Waals surface area contributed by atoms with Gasteiger partial charge in [0, 0.05) is 11.3 Å². The van der Waals surface area contributed by atoms with E-state index in [1.807, 2.05) is 18.2 Å². The van der Waals surface area contributed by atoms with Crippen LogP contribution in [0.3, 0.4) is 0 Å². The Morgan fingerprint density at radius 3 is 2.73 bits per heavy atom. The molecular formula is C10H12N2O2S. The number of aliphatic carboxylic acids is 1. The number of hydrogen-bond donors (Lipinski definition) is 3. The number of amidine groups is 1. The third kappa shape index (κ3) is 3.63. The van der Waals surface area contributed by atoms with Crippen molar-refractivity contribution in [2.45, 2.75) is 5.75 Å². The molecule has 0 amide bonds. The second-order valence-corrected chi connectivity index (χ2v) is 3.94. The highest BCUT2D eigenvalue weighted by Crippen LogP contribution is 2.15. The van der Waals surface area contributed by atoms with Crippen LogP contribution in [0, 0.1) is 5.41 Å². The van der Waals surface area contributed by atoms with Gasteiger partial charge in [-0.25, -0.2) is 0 Å². The lowest BCUT2D eigenvalue weighted by Crippen LogP contribution is -2.13. The molecule has 1 aromatic carbocycles. The van der Waals surface area contributed by atoms with Gasteiger partial charge in [0.05, 0.1) is 5.75 Å². The third-order valence-electron chi connectivity index (χ3n) is 1.79. The second kappa shape index (κ2) is 5.41. The van der Waals surface area contributed by atoms with Gasteiger partial charge in [0.15, 0.2) is 0 Å². The van der Waals surface area contributed by atoms with E-state index in [2.05, 4.69) is 0 Å².